The number of aryl methyl sites for hydroxylation is 1. The summed E-state index contributed by atoms with van der Waals surface area (Å²) in [5, 5.41) is 6.10. The molecule has 0 aliphatic carbocycles. The number of hydrogen-bond acceptors (Lipinski definition) is 3. The van der Waals surface area contributed by atoms with Gasteiger partial charge in [-0.05, 0) is 36.8 Å². The normalized spacial score (nSPS) is 11.3. The summed E-state index contributed by atoms with van der Waals surface area (Å²) in [6.07, 6.45) is 1.74. The van der Waals surface area contributed by atoms with E-state index in [1.54, 1.807) is 6.20 Å². The SMILES string of the molecule is CCn1c2ccccc2c2cc(CNCCOc3ccccn3)ccc21. The first-order chi connectivity index (χ1) is 12.9. The van der Waals surface area contributed by atoms with Crippen LogP contribution in [0.2, 0.25) is 0 Å². The molecular formula is C22H23N3O. The number of pyridine rings is 1. The first kappa shape index (κ1) is 16.6. The third-order valence-corrected chi connectivity index (χ3v) is 4.65. The molecule has 26 heavy (non-hydrogen) atoms. The first-order valence-corrected chi connectivity index (χ1v) is 9.11. The third-order valence-electron chi connectivity index (χ3n) is 4.65. The molecule has 2 heterocycles. The van der Waals surface area contributed by atoms with Crippen LogP contribution >= 0.6 is 0 Å². The summed E-state index contributed by atoms with van der Waals surface area (Å²) >= 11 is 0. The van der Waals surface area contributed by atoms with Crippen LogP contribution in [0.25, 0.3) is 21.8 Å². The van der Waals surface area contributed by atoms with Crippen LogP contribution in [0.15, 0.2) is 66.9 Å². The topological polar surface area (TPSA) is 39.1 Å². The van der Waals surface area contributed by atoms with Crippen molar-refractivity contribution in [3.8, 4) is 5.88 Å². The molecule has 132 valence electrons. The fraction of sp³-hybridized carbons (Fsp3) is 0.227. The number of nitrogens with one attached hydrogen (secondary N) is 1. The van der Waals surface area contributed by atoms with Gasteiger partial charge < -0.3 is 14.6 Å². The Balaban J connectivity index is 1.43. The highest BCUT2D eigenvalue weighted by Crippen LogP contribution is 2.29. The molecule has 0 aliphatic heterocycles. The minimum absolute atomic E-state index is 0.606. The lowest BCUT2D eigenvalue weighted by atomic mass is 10.1. The molecule has 2 aromatic carbocycles. The minimum atomic E-state index is 0.606. The second-order valence-electron chi connectivity index (χ2n) is 6.31. The van der Waals surface area contributed by atoms with Gasteiger partial charge in [0.1, 0.15) is 6.61 Å². The van der Waals surface area contributed by atoms with Crippen LogP contribution in [0, 0.1) is 0 Å². The summed E-state index contributed by atoms with van der Waals surface area (Å²) < 4.78 is 7.99. The van der Waals surface area contributed by atoms with Gasteiger partial charge in [0.05, 0.1) is 0 Å². The maximum Gasteiger partial charge on any atom is 0.213 e. The van der Waals surface area contributed by atoms with Crippen molar-refractivity contribution in [1.82, 2.24) is 14.9 Å². The van der Waals surface area contributed by atoms with Gasteiger partial charge in [-0.1, -0.05) is 30.3 Å². The molecule has 0 saturated carbocycles. The van der Waals surface area contributed by atoms with Crippen LogP contribution in [-0.4, -0.2) is 22.7 Å². The highest BCUT2D eigenvalue weighted by atomic mass is 16.5. The Morgan fingerprint density at radius 1 is 0.962 bits per heavy atom. The van der Waals surface area contributed by atoms with Crippen LogP contribution in [0.4, 0.5) is 0 Å². The molecule has 0 amide bonds. The number of hydrogen-bond donors (Lipinski definition) is 1. The molecule has 0 saturated heterocycles. The van der Waals surface area contributed by atoms with Crippen LogP contribution in [0.1, 0.15) is 12.5 Å². The lowest BCUT2D eigenvalue weighted by Gasteiger charge is -2.07. The van der Waals surface area contributed by atoms with Gasteiger partial charge >= 0.3 is 0 Å². The van der Waals surface area contributed by atoms with Crippen LogP contribution < -0.4 is 10.1 Å². The third kappa shape index (κ3) is 3.28. The van der Waals surface area contributed by atoms with Gasteiger partial charge in [-0.15, -0.1) is 0 Å². The van der Waals surface area contributed by atoms with Gasteiger partial charge in [0.2, 0.25) is 5.88 Å². The fourth-order valence-corrected chi connectivity index (χ4v) is 3.44. The molecule has 0 spiro atoms. The van der Waals surface area contributed by atoms with E-state index >= 15 is 0 Å². The molecule has 0 atom stereocenters. The number of para-hydroxylation sites is 1. The van der Waals surface area contributed by atoms with E-state index in [4.69, 9.17) is 4.74 Å². The van der Waals surface area contributed by atoms with Crippen LogP contribution in [-0.2, 0) is 13.1 Å². The van der Waals surface area contributed by atoms with Gasteiger partial charge in [0, 0.05) is 53.7 Å². The molecule has 4 aromatic rings. The summed E-state index contributed by atoms with van der Waals surface area (Å²) in [6.45, 7) is 5.39. The standard InChI is InChI=1S/C22H23N3O/c1-2-25-20-8-4-3-7-18(20)19-15-17(10-11-21(19)25)16-23-13-14-26-22-9-5-6-12-24-22/h3-12,15,23H,2,13-14,16H2,1H3. The molecule has 4 nitrogen and oxygen atoms in total. The van der Waals surface area contributed by atoms with Gasteiger partial charge in [-0.3, -0.25) is 0 Å². The molecule has 0 bridgehead atoms. The van der Waals surface area contributed by atoms with Crippen molar-refractivity contribution in [3.63, 3.8) is 0 Å². The molecule has 4 heteroatoms. The molecule has 0 radical (unpaired) electrons. The highest BCUT2D eigenvalue weighted by molar-refractivity contribution is 6.08. The smallest absolute Gasteiger partial charge is 0.213 e. The zero-order valence-corrected chi connectivity index (χ0v) is 15.0. The first-order valence-electron chi connectivity index (χ1n) is 9.11. The largest absolute Gasteiger partial charge is 0.476 e. The van der Waals surface area contributed by atoms with E-state index in [1.165, 1.54) is 27.4 Å². The van der Waals surface area contributed by atoms with Crippen LogP contribution in [0.3, 0.4) is 0 Å². The predicted octanol–water partition coefficient (Wildman–Crippen LogP) is 4.38. The monoisotopic (exact) mass is 345 g/mol. The van der Waals surface area contributed by atoms with E-state index in [-0.39, 0.29) is 0 Å². The molecule has 1 N–H and O–H groups in total. The summed E-state index contributed by atoms with van der Waals surface area (Å²) in [6, 6.07) is 21.1. The van der Waals surface area contributed by atoms with Crippen LogP contribution in [0.5, 0.6) is 5.88 Å². The second kappa shape index (κ2) is 7.58. The average Bonchev–Trinajstić information content (AvgIpc) is 3.01. The van der Waals surface area contributed by atoms with Crippen molar-refractivity contribution < 1.29 is 4.74 Å². The number of fused-ring (bicyclic) bond motifs is 3. The second-order valence-corrected chi connectivity index (χ2v) is 6.31. The molecule has 0 fully saturated rings. The van der Waals surface area contributed by atoms with Crippen molar-refractivity contribution in [1.29, 1.82) is 0 Å². The lowest BCUT2D eigenvalue weighted by molar-refractivity contribution is 0.302. The maximum atomic E-state index is 5.61. The summed E-state index contributed by atoms with van der Waals surface area (Å²) in [7, 11) is 0. The van der Waals surface area contributed by atoms with Gasteiger partial charge in [0.15, 0.2) is 0 Å². The summed E-state index contributed by atoms with van der Waals surface area (Å²) in [4.78, 5) is 4.16. The Morgan fingerprint density at radius 3 is 2.65 bits per heavy atom. The van der Waals surface area contributed by atoms with Crippen molar-refractivity contribution in [2.24, 2.45) is 0 Å². The predicted molar refractivity (Wildman–Crippen MR) is 107 cm³/mol. The minimum Gasteiger partial charge on any atom is -0.476 e. The van der Waals surface area contributed by atoms with Gasteiger partial charge in [-0.25, -0.2) is 4.98 Å². The van der Waals surface area contributed by atoms with E-state index in [2.05, 4.69) is 64.3 Å². The Hall–Kier alpha value is -2.85. The van der Waals surface area contributed by atoms with Crippen molar-refractivity contribution >= 4 is 21.8 Å². The Labute approximate surface area is 153 Å². The maximum absolute atomic E-state index is 5.61. The molecule has 2 aromatic heterocycles. The van der Waals surface area contributed by atoms with Gasteiger partial charge in [-0.2, -0.15) is 0 Å². The zero-order chi connectivity index (χ0) is 17.8. The number of rotatable bonds is 7. The number of nitrogens with zero attached hydrogens (tertiary/aromatic N) is 2. The van der Waals surface area contributed by atoms with Crippen molar-refractivity contribution in [2.45, 2.75) is 20.0 Å². The summed E-state index contributed by atoms with van der Waals surface area (Å²) in [5.74, 6) is 0.670. The van der Waals surface area contributed by atoms with Gasteiger partial charge in [0.25, 0.3) is 0 Å². The van der Waals surface area contributed by atoms with Crippen molar-refractivity contribution in [2.75, 3.05) is 13.2 Å². The molecule has 4 rings (SSSR count). The fourth-order valence-electron chi connectivity index (χ4n) is 3.44. The van der Waals surface area contributed by atoms with Crippen molar-refractivity contribution in [3.05, 3.63) is 72.4 Å². The molecule has 0 aliphatic rings. The zero-order valence-electron chi connectivity index (χ0n) is 15.0. The number of aromatic nitrogens is 2. The molecular weight excluding hydrogens is 322 g/mol. The number of ether oxygens (including phenoxy) is 1. The highest BCUT2D eigenvalue weighted by Gasteiger charge is 2.09. The lowest BCUT2D eigenvalue weighted by Crippen LogP contribution is -2.20. The van der Waals surface area contributed by atoms with E-state index in [9.17, 15) is 0 Å². The van der Waals surface area contributed by atoms with E-state index in [0.717, 1.165) is 19.6 Å². The Morgan fingerprint density at radius 2 is 1.81 bits per heavy atom. The average molecular weight is 345 g/mol. The van der Waals surface area contributed by atoms with E-state index in [1.807, 2.05) is 18.2 Å². The quantitative estimate of drug-likeness (QED) is 0.505. The van der Waals surface area contributed by atoms with E-state index in [0.29, 0.717) is 12.5 Å². The van der Waals surface area contributed by atoms with E-state index < -0.39 is 0 Å². The summed E-state index contributed by atoms with van der Waals surface area (Å²) in [5.41, 5.74) is 3.89. The Kier molecular flexibility index (Phi) is 4.84. The Bertz CT molecular complexity index is 1010. The molecule has 0 unspecified atom stereocenters. The number of benzene rings is 2.